The number of aryl methyl sites for hydroxylation is 3. The second-order valence-electron chi connectivity index (χ2n) is 4.59. The number of anilines is 1. The van der Waals surface area contributed by atoms with Crippen molar-refractivity contribution in [2.45, 2.75) is 20.3 Å². The lowest BCUT2D eigenvalue weighted by molar-refractivity contribution is 0.349. The molecule has 1 atom stereocenters. The van der Waals surface area contributed by atoms with Crippen molar-refractivity contribution in [3.8, 4) is 0 Å². The van der Waals surface area contributed by atoms with Crippen molar-refractivity contribution < 1.29 is 8.39 Å². The van der Waals surface area contributed by atoms with Crippen LogP contribution < -0.4 is 4.72 Å². The van der Waals surface area contributed by atoms with E-state index < -0.39 is 11.3 Å². The van der Waals surface area contributed by atoms with Crippen molar-refractivity contribution in [3.63, 3.8) is 0 Å². The van der Waals surface area contributed by atoms with Gasteiger partial charge in [0.05, 0.1) is 12.3 Å². The van der Waals surface area contributed by atoms with Crippen LogP contribution in [-0.4, -0.2) is 25.6 Å². The van der Waals surface area contributed by atoms with E-state index in [-0.39, 0.29) is 0 Å². The minimum absolute atomic E-state index is 0.317. The summed E-state index contributed by atoms with van der Waals surface area (Å²) < 4.78 is 21.7. The highest BCUT2D eigenvalue weighted by atomic mass is 32.2. The molecule has 0 saturated carbocycles. The van der Waals surface area contributed by atoms with Gasteiger partial charge in [0.25, 0.3) is 11.3 Å². The quantitative estimate of drug-likeness (QED) is 0.880. The molecule has 0 aliphatic carbocycles. The first kappa shape index (κ1) is 14.7. The van der Waals surface area contributed by atoms with E-state index in [1.165, 1.54) is 5.56 Å². The molecule has 20 heavy (non-hydrogen) atoms. The van der Waals surface area contributed by atoms with Gasteiger partial charge in [0.1, 0.15) is 12.2 Å². The molecule has 7 heteroatoms. The van der Waals surface area contributed by atoms with Gasteiger partial charge in [-0.1, -0.05) is 17.7 Å². The number of rotatable bonds is 6. The highest BCUT2D eigenvalue weighted by Gasteiger charge is 2.06. The molecular weight excluding hydrogens is 276 g/mol. The highest BCUT2D eigenvalue weighted by Crippen LogP contribution is 2.16. The van der Waals surface area contributed by atoms with Gasteiger partial charge in [-0.3, -0.25) is 8.91 Å². The average molecular weight is 294 g/mol. The Morgan fingerprint density at radius 3 is 2.85 bits per heavy atom. The van der Waals surface area contributed by atoms with Crippen LogP contribution in [0.2, 0.25) is 0 Å². The molecule has 0 aliphatic heterocycles. The molecule has 0 spiro atoms. The Kier molecular flexibility index (Phi) is 4.86. The third kappa shape index (κ3) is 3.88. The monoisotopic (exact) mass is 294 g/mol. The molecule has 0 amide bonds. The second kappa shape index (κ2) is 6.62. The molecular formula is C13H18N4O2S. The zero-order chi connectivity index (χ0) is 14.5. The van der Waals surface area contributed by atoms with Gasteiger partial charge in [0.2, 0.25) is 0 Å². The van der Waals surface area contributed by atoms with Crippen molar-refractivity contribution in [1.82, 2.24) is 14.8 Å². The predicted octanol–water partition coefficient (Wildman–Crippen LogP) is 1.68. The van der Waals surface area contributed by atoms with E-state index in [0.717, 1.165) is 17.1 Å². The summed E-state index contributed by atoms with van der Waals surface area (Å²) in [6.45, 7) is 4.30. The standard InChI is InChI=1S/C13H18N4O2S/c1-10-4-5-12(11(2)8-10)16-20(18)19-7-6-13-15-14-9-17(13)3/h4-5,8-9,16H,6-7H2,1-3H3. The van der Waals surface area contributed by atoms with Crippen LogP contribution in [0.5, 0.6) is 0 Å². The first-order chi connectivity index (χ1) is 9.56. The third-order valence-electron chi connectivity index (χ3n) is 2.90. The summed E-state index contributed by atoms with van der Waals surface area (Å²) in [6.07, 6.45) is 2.19. The molecule has 0 bridgehead atoms. The van der Waals surface area contributed by atoms with Crippen molar-refractivity contribution in [2.24, 2.45) is 7.05 Å². The second-order valence-corrected chi connectivity index (χ2v) is 5.49. The average Bonchev–Trinajstić information content (AvgIpc) is 2.79. The maximum Gasteiger partial charge on any atom is 0.261 e. The van der Waals surface area contributed by atoms with Crippen molar-refractivity contribution in [3.05, 3.63) is 41.5 Å². The van der Waals surface area contributed by atoms with Crippen LogP contribution in [-0.2, 0) is 28.9 Å². The Balaban J connectivity index is 1.82. The minimum atomic E-state index is -1.56. The fourth-order valence-electron chi connectivity index (χ4n) is 1.79. The number of hydrogen-bond donors (Lipinski definition) is 1. The topological polar surface area (TPSA) is 69.0 Å². The fraction of sp³-hybridized carbons (Fsp3) is 0.385. The van der Waals surface area contributed by atoms with Gasteiger partial charge in [-0.25, -0.2) is 4.21 Å². The zero-order valence-corrected chi connectivity index (χ0v) is 12.6. The van der Waals surface area contributed by atoms with Gasteiger partial charge in [-0.05, 0) is 25.5 Å². The Morgan fingerprint density at radius 1 is 1.40 bits per heavy atom. The normalized spacial score (nSPS) is 12.3. The first-order valence-electron chi connectivity index (χ1n) is 6.28. The van der Waals surface area contributed by atoms with Crippen LogP contribution in [0.4, 0.5) is 5.69 Å². The summed E-state index contributed by atoms with van der Waals surface area (Å²) in [4.78, 5) is 0. The summed E-state index contributed by atoms with van der Waals surface area (Å²) in [5.74, 6) is 0.800. The maximum absolute atomic E-state index is 11.8. The molecule has 1 aromatic carbocycles. The SMILES string of the molecule is Cc1ccc(NS(=O)OCCc2nncn2C)c(C)c1. The van der Waals surface area contributed by atoms with Gasteiger partial charge in [0, 0.05) is 13.5 Å². The summed E-state index contributed by atoms with van der Waals surface area (Å²) in [6, 6.07) is 5.89. The number of nitrogens with one attached hydrogen (secondary N) is 1. The largest absolute Gasteiger partial charge is 0.321 e. The van der Waals surface area contributed by atoms with Crippen LogP contribution in [0.25, 0.3) is 0 Å². The molecule has 0 aliphatic rings. The third-order valence-corrected chi connectivity index (χ3v) is 3.66. The smallest absolute Gasteiger partial charge is 0.261 e. The molecule has 0 radical (unpaired) electrons. The number of benzene rings is 1. The molecule has 1 aromatic heterocycles. The van der Waals surface area contributed by atoms with Gasteiger partial charge in [-0.2, -0.15) is 0 Å². The molecule has 6 nitrogen and oxygen atoms in total. The first-order valence-corrected chi connectivity index (χ1v) is 7.35. The predicted molar refractivity (Wildman–Crippen MR) is 78.3 cm³/mol. The van der Waals surface area contributed by atoms with E-state index in [2.05, 4.69) is 14.9 Å². The van der Waals surface area contributed by atoms with Crippen LogP contribution in [0.3, 0.4) is 0 Å². The van der Waals surface area contributed by atoms with Gasteiger partial charge in [-0.15, -0.1) is 10.2 Å². The Morgan fingerprint density at radius 2 is 2.20 bits per heavy atom. The summed E-state index contributed by atoms with van der Waals surface area (Å²) in [7, 11) is 1.86. The molecule has 108 valence electrons. The van der Waals surface area contributed by atoms with Crippen molar-refractivity contribution >= 4 is 17.0 Å². The van der Waals surface area contributed by atoms with Crippen molar-refractivity contribution in [2.75, 3.05) is 11.3 Å². The van der Waals surface area contributed by atoms with Crippen LogP contribution >= 0.6 is 0 Å². The molecule has 2 rings (SSSR count). The van der Waals surface area contributed by atoms with E-state index in [4.69, 9.17) is 4.18 Å². The summed E-state index contributed by atoms with van der Waals surface area (Å²) in [5, 5.41) is 7.71. The van der Waals surface area contributed by atoms with Gasteiger partial charge >= 0.3 is 0 Å². The van der Waals surface area contributed by atoms with Crippen LogP contribution in [0.1, 0.15) is 17.0 Å². The molecule has 1 unspecified atom stereocenters. The van der Waals surface area contributed by atoms with E-state index >= 15 is 0 Å². The summed E-state index contributed by atoms with van der Waals surface area (Å²) >= 11 is -1.56. The van der Waals surface area contributed by atoms with Gasteiger partial charge < -0.3 is 4.57 Å². The van der Waals surface area contributed by atoms with Crippen LogP contribution in [0, 0.1) is 13.8 Å². The molecule has 2 aromatic rings. The zero-order valence-electron chi connectivity index (χ0n) is 11.8. The molecule has 1 heterocycles. The lowest BCUT2D eigenvalue weighted by atomic mass is 10.1. The Labute approximate surface area is 121 Å². The van der Waals surface area contributed by atoms with E-state index in [1.807, 2.05) is 43.7 Å². The summed E-state index contributed by atoms with van der Waals surface area (Å²) in [5.41, 5.74) is 3.02. The number of nitrogens with zero attached hydrogens (tertiary/aromatic N) is 3. The maximum atomic E-state index is 11.8. The number of aromatic nitrogens is 3. The van der Waals surface area contributed by atoms with E-state index in [1.54, 1.807) is 6.33 Å². The Bertz CT molecular complexity index is 612. The highest BCUT2D eigenvalue weighted by molar-refractivity contribution is 7.81. The minimum Gasteiger partial charge on any atom is -0.321 e. The van der Waals surface area contributed by atoms with Gasteiger partial charge in [0.15, 0.2) is 0 Å². The Hall–Kier alpha value is -1.73. The van der Waals surface area contributed by atoms with E-state index in [9.17, 15) is 4.21 Å². The van der Waals surface area contributed by atoms with Crippen LogP contribution in [0.15, 0.2) is 24.5 Å². The molecule has 0 fully saturated rings. The fourth-order valence-corrected chi connectivity index (χ4v) is 2.49. The lowest BCUT2D eigenvalue weighted by Gasteiger charge is -2.09. The molecule has 1 N–H and O–H groups in total. The lowest BCUT2D eigenvalue weighted by Crippen LogP contribution is -2.12. The van der Waals surface area contributed by atoms with E-state index in [0.29, 0.717) is 13.0 Å². The van der Waals surface area contributed by atoms with Crippen molar-refractivity contribution in [1.29, 1.82) is 0 Å². The molecule has 0 saturated heterocycles. The number of hydrogen-bond acceptors (Lipinski definition) is 4.